The fraction of sp³-hybridized carbons (Fsp3) is 0.353. The third-order valence-corrected chi connectivity index (χ3v) is 3.21. The summed E-state index contributed by atoms with van der Waals surface area (Å²) in [4.78, 5) is 10.7. The van der Waals surface area contributed by atoms with Crippen LogP contribution in [-0.2, 0) is 0 Å². The zero-order valence-corrected chi connectivity index (χ0v) is 12.5. The number of carboxylic acids is 1. The Bertz CT molecular complexity index is 577. The van der Waals surface area contributed by atoms with Crippen molar-refractivity contribution in [2.45, 2.75) is 32.6 Å². The lowest BCUT2D eigenvalue weighted by molar-refractivity contribution is -0.368. The van der Waals surface area contributed by atoms with Crippen molar-refractivity contribution in [1.82, 2.24) is 0 Å². The topological polar surface area (TPSA) is 88.0 Å². The van der Waals surface area contributed by atoms with E-state index in [0.717, 1.165) is 11.9 Å². The first-order valence-electron chi connectivity index (χ1n) is 7.33. The van der Waals surface area contributed by atoms with Gasteiger partial charge in [0.1, 0.15) is 0 Å². The van der Waals surface area contributed by atoms with E-state index >= 15 is 0 Å². The number of quaternary nitrogens is 1. The summed E-state index contributed by atoms with van der Waals surface area (Å²) in [6.45, 7) is 3.34. The summed E-state index contributed by atoms with van der Waals surface area (Å²) in [6, 6.07) is 9.91. The number of fused-ring (bicyclic) bond motifs is 1. The normalized spacial score (nSPS) is 10.0. The Morgan fingerprint density at radius 3 is 2.48 bits per heavy atom. The predicted molar refractivity (Wildman–Crippen MR) is 82.3 cm³/mol. The first-order chi connectivity index (χ1) is 10.1. The van der Waals surface area contributed by atoms with E-state index in [9.17, 15) is 9.90 Å². The van der Waals surface area contributed by atoms with Crippen LogP contribution in [0.4, 0.5) is 0 Å². The lowest BCUT2D eigenvalue weighted by atomic mass is 10.1. The van der Waals surface area contributed by atoms with Gasteiger partial charge in [-0.1, -0.05) is 55.8 Å². The maximum absolute atomic E-state index is 11.6. The van der Waals surface area contributed by atoms with E-state index in [1.165, 1.54) is 31.7 Å². The van der Waals surface area contributed by atoms with Gasteiger partial charge in [-0.3, -0.25) is 0 Å². The van der Waals surface area contributed by atoms with E-state index in [0.29, 0.717) is 5.39 Å². The average molecular weight is 289 g/mol. The minimum Gasteiger partial charge on any atom is -0.871 e. The molecule has 0 saturated carbocycles. The fourth-order valence-corrected chi connectivity index (χ4v) is 2.01. The van der Waals surface area contributed by atoms with Crippen molar-refractivity contribution in [1.29, 1.82) is 0 Å². The molecule has 0 aliphatic heterocycles. The Hall–Kier alpha value is -2.07. The molecule has 0 amide bonds. The van der Waals surface area contributed by atoms with Crippen molar-refractivity contribution in [2.24, 2.45) is 0 Å². The molecule has 4 heteroatoms. The monoisotopic (exact) mass is 289 g/mol. The van der Waals surface area contributed by atoms with Gasteiger partial charge in [-0.05, 0) is 29.7 Å². The maximum atomic E-state index is 11.6. The van der Waals surface area contributed by atoms with Gasteiger partial charge < -0.3 is 15.9 Å². The minimum absolute atomic E-state index is 0.177. The van der Waals surface area contributed by atoms with E-state index in [1.54, 1.807) is 24.3 Å². The highest BCUT2D eigenvalue weighted by Gasteiger charge is 2.05. The van der Waals surface area contributed by atoms with Crippen LogP contribution in [0.3, 0.4) is 0 Å². The largest absolute Gasteiger partial charge is 0.871 e. The first-order valence-corrected chi connectivity index (χ1v) is 7.33. The Labute approximate surface area is 125 Å². The SMILES string of the molecule is CCCCCC[NH3+].O=C(O)c1ccc2ccccc2c1[O-]. The lowest BCUT2D eigenvalue weighted by Crippen LogP contribution is -2.50. The van der Waals surface area contributed by atoms with Crippen molar-refractivity contribution >= 4 is 16.7 Å². The fourth-order valence-electron chi connectivity index (χ4n) is 2.01. The molecule has 0 unspecified atom stereocenters. The van der Waals surface area contributed by atoms with Crippen LogP contribution in [-0.4, -0.2) is 17.6 Å². The van der Waals surface area contributed by atoms with Gasteiger partial charge in [0.25, 0.3) is 0 Å². The molecule has 0 fully saturated rings. The van der Waals surface area contributed by atoms with Crippen molar-refractivity contribution in [3.05, 3.63) is 42.0 Å². The second kappa shape index (κ2) is 8.97. The van der Waals surface area contributed by atoms with Crippen LogP contribution < -0.4 is 10.8 Å². The molecule has 0 radical (unpaired) electrons. The molecule has 4 nitrogen and oxygen atoms in total. The summed E-state index contributed by atoms with van der Waals surface area (Å²) in [6.07, 6.45) is 5.41. The summed E-state index contributed by atoms with van der Waals surface area (Å²) in [5.74, 6) is -1.60. The van der Waals surface area contributed by atoms with Gasteiger partial charge in [0.15, 0.2) is 0 Å². The molecule has 2 aromatic rings. The zero-order valence-electron chi connectivity index (χ0n) is 12.5. The van der Waals surface area contributed by atoms with E-state index in [1.807, 2.05) is 6.07 Å². The van der Waals surface area contributed by atoms with E-state index in [-0.39, 0.29) is 5.56 Å². The van der Waals surface area contributed by atoms with Crippen LogP contribution in [0.25, 0.3) is 10.8 Å². The quantitative estimate of drug-likeness (QED) is 0.828. The zero-order chi connectivity index (χ0) is 15.7. The first kappa shape index (κ1) is 17.0. The van der Waals surface area contributed by atoms with Crippen LogP contribution in [0, 0.1) is 0 Å². The Kier molecular flexibility index (Phi) is 7.26. The van der Waals surface area contributed by atoms with Gasteiger partial charge in [-0.15, -0.1) is 0 Å². The molecule has 2 rings (SSSR count). The van der Waals surface area contributed by atoms with Gasteiger partial charge in [0, 0.05) is 0 Å². The number of benzene rings is 2. The maximum Gasteiger partial charge on any atom is 0.335 e. The second-order valence-electron chi connectivity index (χ2n) is 4.88. The van der Waals surface area contributed by atoms with E-state index in [2.05, 4.69) is 12.7 Å². The molecule has 0 heterocycles. The highest BCUT2D eigenvalue weighted by Crippen LogP contribution is 2.25. The molecule has 0 aliphatic rings. The molecule has 2 aromatic carbocycles. The Morgan fingerprint density at radius 1 is 1.14 bits per heavy atom. The van der Waals surface area contributed by atoms with Crippen LogP contribution >= 0.6 is 0 Å². The molecule has 0 saturated heterocycles. The molecular weight excluding hydrogens is 266 g/mol. The van der Waals surface area contributed by atoms with Gasteiger partial charge >= 0.3 is 5.97 Å². The van der Waals surface area contributed by atoms with Gasteiger partial charge in [0.05, 0.1) is 12.1 Å². The molecule has 0 aromatic heterocycles. The van der Waals surface area contributed by atoms with Crippen molar-refractivity contribution in [2.75, 3.05) is 6.54 Å². The van der Waals surface area contributed by atoms with E-state index < -0.39 is 11.7 Å². The smallest absolute Gasteiger partial charge is 0.335 e. The van der Waals surface area contributed by atoms with Crippen molar-refractivity contribution in [3.63, 3.8) is 0 Å². The summed E-state index contributed by atoms with van der Waals surface area (Å²) in [5.41, 5.74) is 3.58. The van der Waals surface area contributed by atoms with Crippen molar-refractivity contribution in [3.8, 4) is 5.75 Å². The number of unbranched alkanes of at least 4 members (excludes halogenated alkanes) is 3. The highest BCUT2D eigenvalue weighted by atomic mass is 16.4. The Balaban J connectivity index is 0.000000270. The number of rotatable bonds is 5. The molecule has 0 bridgehead atoms. The number of hydrogen-bond donors (Lipinski definition) is 2. The Morgan fingerprint density at radius 2 is 1.86 bits per heavy atom. The average Bonchev–Trinajstić information content (AvgIpc) is 2.49. The number of carboxylic acid groups (broad SMARTS) is 1. The van der Waals surface area contributed by atoms with E-state index in [4.69, 9.17) is 5.11 Å². The van der Waals surface area contributed by atoms with Gasteiger partial charge in [-0.25, -0.2) is 4.79 Å². The molecule has 21 heavy (non-hydrogen) atoms. The molecule has 0 atom stereocenters. The lowest BCUT2D eigenvalue weighted by Gasteiger charge is -2.13. The third-order valence-electron chi connectivity index (χ3n) is 3.21. The number of carbonyl (C=O) groups is 1. The number of hydrogen-bond acceptors (Lipinski definition) is 2. The molecule has 4 N–H and O–H groups in total. The predicted octanol–water partition coefficient (Wildman–Crippen LogP) is 2.42. The minimum atomic E-state index is -1.18. The summed E-state index contributed by atoms with van der Waals surface area (Å²) >= 11 is 0. The molecule has 0 spiro atoms. The number of aromatic carboxylic acids is 1. The van der Waals surface area contributed by atoms with Crippen molar-refractivity contribution < 1.29 is 20.7 Å². The molecular formula is C17H23NO3. The second-order valence-corrected chi connectivity index (χ2v) is 4.88. The summed E-state index contributed by atoms with van der Waals surface area (Å²) in [7, 11) is 0. The summed E-state index contributed by atoms with van der Waals surface area (Å²) < 4.78 is 0. The molecule has 114 valence electrons. The van der Waals surface area contributed by atoms with Crippen LogP contribution in [0.2, 0.25) is 0 Å². The standard InChI is InChI=1S/C11H8O3.C6H15N/c12-10-8-4-2-1-3-7(8)5-6-9(10)11(13)14;1-2-3-4-5-6-7/h1-6,12H,(H,13,14);2-7H2,1H3. The third kappa shape index (κ3) is 5.08. The van der Waals surface area contributed by atoms with Crippen LogP contribution in [0.1, 0.15) is 43.0 Å². The van der Waals surface area contributed by atoms with Gasteiger partial charge in [-0.2, -0.15) is 0 Å². The van der Waals surface area contributed by atoms with Gasteiger partial charge in [0.2, 0.25) is 0 Å². The highest BCUT2D eigenvalue weighted by molar-refractivity contribution is 5.99. The van der Waals surface area contributed by atoms with Crippen LogP contribution in [0.5, 0.6) is 5.75 Å². The van der Waals surface area contributed by atoms with Crippen LogP contribution in [0.15, 0.2) is 36.4 Å². The molecule has 0 aliphatic carbocycles. The summed E-state index contributed by atoms with van der Waals surface area (Å²) in [5, 5.41) is 21.5.